The summed E-state index contributed by atoms with van der Waals surface area (Å²) >= 11 is 0. The van der Waals surface area contributed by atoms with Gasteiger partial charge >= 0.3 is 0 Å². The second-order valence-electron chi connectivity index (χ2n) is 8.89. The Kier molecular flexibility index (Phi) is 3.73. The van der Waals surface area contributed by atoms with Gasteiger partial charge < -0.3 is 34.3 Å². The van der Waals surface area contributed by atoms with E-state index in [0.717, 1.165) is 0 Å². The molecule has 27 heavy (non-hydrogen) atoms. The summed E-state index contributed by atoms with van der Waals surface area (Å²) in [4.78, 5) is 9.52. The lowest BCUT2D eigenvalue weighted by Gasteiger charge is -2.43. The van der Waals surface area contributed by atoms with Crippen LogP contribution in [0, 0.1) is 0 Å². The Morgan fingerprint density at radius 1 is 0.778 bits per heavy atom. The van der Waals surface area contributed by atoms with Gasteiger partial charge in [-0.3, -0.25) is 9.98 Å². The van der Waals surface area contributed by atoms with E-state index in [-0.39, 0.29) is 6.04 Å². The van der Waals surface area contributed by atoms with E-state index in [4.69, 9.17) is 28.9 Å². The first-order chi connectivity index (χ1) is 12.6. The highest BCUT2D eigenvalue weighted by molar-refractivity contribution is 6.06. The van der Waals surface area contributed by atoms with Crippen molar-refractivity contribution in [3.05, 3.63) is 0 Å². The molecule has 2 saturated carbocycles. The van der Waals surface area contributed by atoms with Gasteiger partial charge in [-0.15, -0.1) is 0 Å². The third-order valence-electron chi connectivity index (χ3n) is 5.93. The van der Waals surface area contributed by atoms with Crippen LogP contribution in [0.1, 0.15) is 34.1 Å². The van der Waals surface area contributed by atoms with Gasteiger partial charge in [0.05, 0.1) is 23.6 Å². The molecule has 3 N–H and O–H groups in total. The molecule has 3 heterocycles. The third kappa shape index (κ3) is 2.64. The monoisotopic (exact) mass is 382 g/mol. The number of hydrogen-bond acceptors (Lipinski definition) is 9. The minimum atomic E-state index is -1.16. The average Bonchev–Trinajstić information content (AvgIpc) is 3.08. The Labute approximate surface area is 157 Å². The molecule has 9 atom stereocenters. The summed E-state index contributed by atoms with van der Waals surface area (Å²) in [6, 6.07) is -1.10. The van der Waals surface area contributed by atoms with Crippen LogP contribution in [0.3, 0.4) is 0 Å². The fourth-order valence-electron chi connectivity index (χ4n) is 4.88. The number of fused-ring (bicyclic) bond motifs is 6. The second-order valence-corrected chi connectivity index (χ2v) is 8.89. The average molecular weight is 382 g/mol. The predicted molar refractivity (Wildman–Crippen MR) is 92.7 cm³/mol. The first kappa shape index (κ1) is 18.1. The zero-order valence-corrected chi connectivity index (χ0v) is 15.8. The van der Waals surface area contributed by atoms with Crippen molar-refractivity contribution in [2.24, 2.45) is 9.98 Å². The van der Waals surface area contributed by atoms with Crippen LogP contribution >= 0.6 is 0 Å². The standard InChI is InChI=1S/C18H26N2O7/c1-17(2)24-13-7(21)5-6-8(14(13)25-17)20-9-10(19-6)15-16(12(23)11(9)22)27-18(3,4)26-15/h6-7,9,11-16,21-23H,5H2,1-4H3/t6?,7-,9?,11-,12-,13+,14-,15-,16+/m1/s1. The molecule has 0 aromatic carbocycles. The lowest BCUT2D eigenvalue weighted by Crippen LogP contribution is -2.63. The van der Waals surface area contributed by atoms with Crippen LogP contribution in [0.15, 0.2) is 9.98 Å². The number of nitrogens with zero attached hydrogens (tertiary/aromatic N) is 2. The minimum absolute atomic E-state index is 0.357. The van der Waals surface area contributed by atoms with Crippen molar-refractivity contribution < 1.29 is 34.3 Å². The quantitative estimate of drug-likeness (QED) is 0.499. The zero-order chi connectivity index (χ0) is 19.3. The molecule has 5 rings (SSSR count). The summed E-state index contributed by atoms with van der Waals surface area (Å²) in [5.74, 6) is -1.72. The summed E-state index contributed by atoms with van der Waals surface area (Å²) in [6.07, 6.45) is -4.99. The van der Waals surface area contributed by atoms with Gasteiger partial charge in [0.25, 0.3) is 0 Å². The first-order valence-corrected chi connectivity index (χ1v) is 9.47. The van der Waals surface area contributed by atoms with E-state index in [1.54, 1.807) is 27.7 Å². The van der Waals surface area contributed by atoms with Gasteiger partial charge in [0.1, 0.15) is 42.7 Å². The van der Waals surface area contributed by atoms with Crippen LogP contribution in [0.5, 0.6) is 0 Å². The van der Waals surface area contributed by atoms with Crippen LogP contribution < -0.4 is 0 Å². The Morgan fingerprint density at radius 3 is 2.04 bits per heavy atom. The molecule has 0 aromatic heterocycles. The highest BCUT2D eigenvalue weighted by atomic mass is 16.8. The molecule has 2 unspecified atom stereocenters. The molecule has 150 valence electrons. The number of aliphatic hydroxyl groups is 3. The smallest absolute Gasteiger partial charge is 0.164 e. The predicted octanol–water partition coefficient (Wildman–Crippen LogP) is -0.841. The highest BCUT2D eigenvalue weighted by Gasteiger charge is 2.59. The third-order valence-corrected chi connectivity index (χ3v) is 5.93. The van der Waals surface area contributed by atoms with Crippen molar-refractivity contribution in [2.45, 2.75) is 101 Å². The Hall–Kier alpha value is -0.940. The van der Waals surface area contributed by atoms with Crippen molar-refractivity contribution in [2.75, 3.05) is 0 Å². The van der Waals surface area contributed by atoms with Gasteiger partial charge in [0.15, 0.2) is 11.6 Å². The van der Waals surface area contributed by atoms with Gasteiger partial charge in [-0.1, -0.05) is 0 Å². The number of aliphatic hydroxyl groups excluding tert-OH is 3. The molecule has 9 heteroatoms. The fraction of sp³-hybridized carbons (Fsp3) is 0.889. The van der Waals surface area contributed by atoms with Gasteiger partial charge in [0, 0.05) is 6.42 Å². The van der Waals surface area contributed by atoms with Crippen LogP contribution in [0.2, 0.25) is 0 Å². The highest BCUT2D eigenvalue weighted by Crippen LogP contribution is 2.42. The lowest BCUT2D eigenvalue weighted by molar-refractivity contribution is -0.159. The molecule has 4 fully saturated rings. The van der Waals surface area contributed by atoms with Crippen LogP contribution in [-0.2, 0) is 18.9 Å². The normalized spacial score (nSPS) is 52.2. The largest absolute Gasteiger partial charge is 0.390 e. The zero-order valence-electron chi connectivity index (χ0n) is 15.8. The number of rotatable bonds is 0. The summed E-state index contributed by atoms with van der Waals surface area (Å²) in [5, 5.41) is 31.8. The summed E-state index contributed by atoms with van der Waals surface area (Å²) in [7, 11) is 0. The Balaban J connectivity index is 1.53. The topological polar surface area (TPSA) is 122 Å². The molecule has 0 bridgehead atoms. The second kappa shape index (κ2) is 5.56. The molecule has 5 aliphatic rings. The SMILES string of the molecule is CC1(C)O[C@H]2[C@H](O)[C@H](O)C3N=C4C(C[C@@H](O)[C@@H]5OC(C)(C)O[C@H]45)N=C3[C@H]2O1. The first-order valence-electron chi connectivity index (χ1n) is 9.47. The minimum Gasteiger partial charge on any atom is -0.390 e. The maximum atomic E-state index is 10.7. The molecule has 0 aromatic rings. The molecular formula is C18H26N2O7. The van der Waals surface area contributed by atoms with Gasteiger partial charge in [-0.2, -0.15) is 0 Å². The van der Waals surface area contributed by atoms with Crippen molar-refractivity contribution in [1.82, 2.24) is 0 Å². The molecule has 0 radical (unpaired) electrons. The van der Waals surface area contributed by atoms with E-state index in [0.29, 0.717) is 17.8 Å². The summed E-state index contributed by atoms with van der Waals surface area (Å²) in [5.41, 5.74) is 1.20. The van der Waals surface area contributed by atoms with Crippen LogP contribution in [0.4, 0.5) is 0 Å². The molecule has 2 aliphatic carbocycles. The molecule has 2 saturated heterocycles. The van der Waals surface area contributed by atoms with Crippen molar-refractivity contribution >= 4 is 11.4 Å². The Morgan fingerprint density at radius 2 is 1.37 bits per heavy atom. The van der Waals surface area contributed by atoms with Crippen LogP contribution in [-0.4, -0.2) is 93.1 Å². The molecule has 9 nitrogen and oxygen atoms in total. The van der Waals surface area contributed by atoms with E-state index >= 15 is 0 Å². The van der Waals surface area contributed by atoms with Crippen molar-refractivity contribution in [1.29, 1.82) is 0 Å². The van der Waals surface area contributed by atoms with Gasteiger partial charge in [-0.05, 0) is 27.7 Å². The number of hydrogen-bond donors (Lipinski definition) is 3. The van der Waals surface area contributed by atoms with Gasteiger partial charge in [0.2, 0.25) is 0 Å². The number of aliphatic imine (C=N–C) groups is 2. The van der Waals surface area contributed by atoms with Crippen LogP contribution in [0.25, 0.3) is 0 Å². The van der Waals surface area contributed by atoms with E-state index < -0.39 is 60.3 Å². The van der Waals surface area contributed by atoms with Crippen molar-refractivity contribution in [3.8, 4) is 0 Å². The molecule has 0 spiro atoms. The molecule has 0 amide bonds. The summed E-state index contributed by atoms with van der Waals surface area (Å²) < 4.78 is 23.5. The Bertz CT molecular complexity index is 720. The van der Waals surface area contributed by atoms with Gasteiger partial charge in [-0.25, -0.2) is 0 Å². The summed E-state index contributed by atoms with van der Waals surface area (Å²) in [6.45, 7) is 7.11. The maximum Gasteiger partial charge on any atom is 0.164 e. The van der Waals surface area contributed by atoms with E-state index in [2.05, 4.69) is 0 Å². The van der Waals surface area contributed by atoms with Crippen molar-refractivity contribution in [3.63, 3.8) is 0 Å². The molecule has 3 aliphatic heterocycles. The fourth-order valence-corrected chi connectivity index (χ4v) is 4.88. The number of ether oxygens (including phenoxy) is 4. The van der Waals surface area contributed by atoms with E-state index in [1.165, 1.54) is 0 Å². The van der Waals surface area contributed by atoms with E-state index in [1.807, 2.05) is 0 Å². The maximum absolute atomic E-state index is 10.7. The van der Waals surface area contributed by atoms with E-state index in [9.17, 15) is 15.3 Å². The lowest BCUT2D eigenvalue weighted by atomic mass is 9.79. The molecular weight excluding hydrogens is 356 g/mol.